The van der Waals surface area contributed by atoms with Crippen LogP contribution in [0.2, 0.25) is 21.7 Å². The molecule has 0 amide bonds. The van der Waals surface area contributed by atoms with E-state index >= 15 is 0 Å². The topological polar surface area (TPSA) is 35.5 Å². The van der Waals surface area contributed by atoms with Crippen molar-refractivity contribution in [1.29, 1.82) is 0 Å². The average molecular weight is 391 g/mol. The molecule has 1 aromatic rings. The number of hydrogen-bond acceptors (Lipinski definition) is 3. The summed E-state index contributed by atoms with van der Waals surface area (Å²) < 4.78 is 11.4. The molecule has 0 aromatic heterocycles. The maximum Gasteiger partial charge on any atom is 0.316 e. The Bertz CT molecular complexity index is 688. The minimum absolute atomic E-state index is 0.223. The van der Waals surface area contributed by atoms with Crippen molar-refractivity contribution in [1.82, 2.24) is 0 Å². The molecule has 0 aliphatic carbocycles. The maximum atomic E-state index is 12.5. The quantitative estimate of drug-likeness (QED) is 0.329. The summed E-state index contributed by atoms with van der Waals surface area (Å²) in [6.07, 6.45) is 0.963. The largest absolute Gasteiger partial charge is 0.493 e. The number of carbonyl (C=O) groups excluding carboxylic acids is 1. The molecule has 0 saturated carbocycles. The molecule has 1 fully saturated rings. The van der Waals surface area contributed by atoms with Crippen molar-refractivity contribution in [2.45, 2.75) is 90.4 Å². The van der Waals surface area contributed by atoms with Crippen molar-refractivity contribution in [3.63, 3.8) is 0 Å². The van der Waals surface area contributed by atoms with Crippen LogP contribution in [-0.4, -0.2) is 21.2 Å². The van der Waals surface area contributed by atoms with Crippen LogP contribution in [0.15, 0.2) is 18.2 Å². The number of rotatable bonds is 4. The van der Waals surface area contributed by atoms with Gasteiger partial charge >= 0.3 is 5.97 Å². The van der Waals surface area contributed by atoms with Crippen molar-refractivity contribution in [2.75, 3.05) is 7.11 Å². The van der Waals surface area contributed by atoms with Gasteiger partial charge in [0.2, 0.25) is 0 Å². The molecular weight excluding hydrogens is 352 g/mol. The lowest BCUT2D eigenvalue weighted by atomic mass is 9.97. The minimum atomic E-state index is -1.48. The van der Waals surface area contributed by atoms with E-state index in [9.17, 15) is 4.79 Å². The maximum absolute atomic E-state index is 12.5. The average Bonchev–Trinajstić information content (AvgIpc) is 3.23. The number of hydrogen-bond donors (Lipinski definition) is 0. The van der Waals surface area contributed by atoms with Gasteiger partial charge in [-0.15, -0.1) is 0 Å². The Labute approximate surface area is 166 Å². The van der Waals surface area contributed by atoms with Gasteiger partial charge in [0.05, 0.1) is 20.6 Å². The molecule has 1 heterocycles. The van der Waals surface area contributed by atoms with Crippen LogP contribution in [-0.2, 0) is 11.2 Å². The van der Waals surface area contributed by atoms with E-state index in [0.717, 1.165) is 12.0 Å². The predicted octanol–water partition coefficient (Wildman–Crippen LogP) is 6.62. The van der Waals surface area contributed by atoms with Gasteiger partial charge < -0.3 is 9.47 Å². The lowest BCUT2D eigenvalue weighted by Gasteiger charge is -2.41. The second-order valence-electron chi connectivity index (χ2n) is 11.2. The lowest BCUT2D eigenvalue weighted by Crippen LogP contribution is -2.39. The van der Waals surface area contributed by atoms with E-state index in [0.29, 0.717) is 27.1 Å². The third kappa shape index (κ3) is 4.11. The van der Waals surface area contributed by atoms with Crippen molar-refractivity contribution in [3.8, 4) is 11.5 Å². The molecule has 2 rings (SSSR count). The molecule has 1 saturated heterocycles. The predicted molar refractivity (Wildman–Crippen MR) is 116 cm³/mol. The molecule has 0 bridgehead atoms. The molecule has 0 spiro atoms. The second-order valence-corrected chi connectivity index (χ2v) is 17.3. The van der Waals surface area contributed by atoms with E-state index in [-0.39, 0.29) is 5.97 Å². The SMILES string of the molecule is COc1cccc(CC2C[Si]2(C(C)(C)C)C(C)(C)C)c1OC(=O)C(C)(C)C. The summed E-state index contributed by atoms with van der Waals surface area (Å²) in [5.41, 5.74) is 1.25. The molecule has 4 heteroatoms. The van der Waals surface area contributed by atoms with Gasteiger partial charge in [-0.25, -0.2) is 0 Å². The van der Waals surface area contributed by atoms with Crippen LogP contribution in [0.4, 0.5) is 0 Å². The summed E-state index contributed by atoms with van der Waals surface area (Å²) in [7, 11) is 0.156. The zero-order valence-electron chi connectivity index (χ0n) is 18.9. The first-order valence-corrected chi connectivity index (χ1v) is 12.3. The summed E-state index contributed by atoms with van der Waals surface area (Å²) in [4.78, 5) is 12.5. The highest BCUT2D eigenvalue weighted by atomic mass is 28.3. The van der Waals surface area contributed by atoms with E-state index in [4.69, 9.17) is 9.47 Å². The minimum Gasteiger partial charge on any atom is -0.493 e. The molecular formula is C23H38O3Si. The Kier molecular flexibility index (Phi) is 5.66. The van der Waals surface area contributed by atoms with E-state index in [1.165, 1.54) is 6.04 Å². The zero-order chi connectivity index (χ0) is 20.8. The van der Waals surface area contributed by atoms with Gasteiger partial charge in [-0.1, -0.05) is 59.7 Å². The lowest BCUT2D eigenvalue weighted by molar-refractivity contribution is -0.143. The molecule has 152 valence electrons. The highest BCUT2D eigenvalue weighted by Gasteiger charge is 2.67. The highest BCUT2D eigenvalue weighted by Crippen LogP contribution is 2.72. The van der Waals surface area contributed by atoms with Crippen molar-refractivity contribution in [3.05, 3.63) is 23.8 Å². The van der Waals surface area contributed by atoms with Crippen molar-refractivity contribution < 1.29 is 14.3 Å². The number of benzene rings is 1. The van der Waals surface area contributed by atoms with E-state index < -0.39 is 13.5 Å². The molecule has 3 nitrogen and oxygen atoms in total. The first-order chi connectivity index (χ1) is 12.1. The van der Waals surface area contributed by atoms with Gasteiger partial charge in [-0.05, 0) is 54.4 Å². The molecule has 27 heavy (non-hydrogen) atoms. The zero-order valence-corrected chi connectivity index (χ0v) is 19.9. The van der Waals surface area contributed by atoms with Gasteiger partial charge in [0, 0.05) is 0 Å². The standard InChI is InChI=1S/C23H38O3Si/c1-21(2,3)20(24)26-19-16(12-11-13-18(19)25-10)14-17-15-27(17,22(4,5)6)23(7,8)9/h11-13,17H,14-15H2,1-10H3. The molecule has 1 atom stereocenters. The van der Waals surface area contributed by atoms with Crippen LogP contribution < -0.4 is 9.47 Å². The van der Waals surface area contributed by atoms with Crippen LogP contribution in [0.3, 0.4) is 0 Å². The summed E-state index contributed by atoms with van der Waals surface area (Å²) >= 11 is 0. The van der Waals surface area contributed by atoms with Gasteiger partial charge in [0.25, 0.3) is 0 Å². The summed E-state index contributed by atoms with van der Waals surface area (Å²) in [5.74, 6) is 1.03. The van der Waals surface area contributed by atoms with Gasteiger partial charge in [-0.2, -0.15) is 0 Å². The molecule has 1 aliphatic heterocycles. The van der Waals surface area contributed by atoms with Gasteiger partial charge in [-0.3, -0.25) is 4.79 Å². The molecule has 1 aromatic carbocycles. The van der Waals surface area contributed by atoms with Crippen molar-refractivity contribution >= 4 is 14.0 Å². The molecule has 0 radical (unpaired) electrons. The van der Waals surface area contributed by atoms with Crippen molar-refractivity contribution in [2.24, 2.45) is 5.41 Å². The summed E-state index contributed by atoms with van der Waals surface area (Å²) in [6, 6.07) is 7.31. The van der Waals surface area contributed by atoms with Crippen LogP contribution in [0.5, 0.6) is 11.5 Å². The summed E-state index contributed by atoms with van der Waals surface area (Å²) in [6.45, 7) is 20.1. The summed E-state index contributed by atoms with van der Waals surface area (Å²) in [5, 5.41) is 0.716. The first-order valence-electron chi connectivity index (χ1n) is 10.0. The number of methoxy groups -OCH3 is 1. The molecule has 1 aliphatic rings. The molecule has 0 N–H and O–H groups in total. The Morgan fingerprint density at radius 1 is 1.04 bits per heavy atom. The van der Waals surface area contributed by atoms with Gasteiger partial charge in [0.15, 0.2) is 11.5 Å². The Hall–Kier alpha value is -1.29. The number of carbonyl (C=O) groups is 1. The van der Waals surface area contributed by atoms with E-state index in [2.05, 4.69) is 47.6 Å². The van der Waals surface area contributed by atoms with Crippen LogP contribution >= 0.6 is 0 Å². The first kappa shape index (κ1) is 22.0. The molecule has 1 unspecified atom stereocenters. The number of ether oxygens (including phenoxy) is 2. The monoisotopic (exact) mass is 390 g/mol. The third-order valence-corrected chi connectivity index (χ3v) is 14.1. The van der Waals surface area contributed by atoms with Crippen LogP contribution in [0, 0.1) is 5.41 Å². The van der Waals surface area contributed by atoms with E-state index in [1.54, 1.807) is 7.11 Å². The number of esters is 1. The van der Waals surface area contributed by atoms with Gasteiger partial charge in [0.1, 0.15) is 0 Å². The van der Waals surface area contributed by atoms with Crippen LogP contribution in [0.25, 0.3) is 0 Å². The fourth-order valence-corrected chi connectivity index (χ4v) is 13.0. The Morgan fingerprint density at radius 2 is 1.59 bits per heavy atom. The van der Waals surface area contributed by atoms with E-state index in [1.807, 2.05) is 32.9 Å². The number of para-hydroxylation sites is 1. The fourth-order valence-electron chi connectivity index (χ4n) is 5.05. The fraction of sp³-hybridized carbons (Fsp3) is 0.696. The third-order valence-electron chi connectivity index (χ3n) is 6.34. The normalized spacial score (nSPS) is 19.6. The second kappa shape index (κ2) is 6.95. The smallest absolute Gasteiger partial charge is 0.316 e. The Balaban J connectivity index is 2.37. The highest BCUT2D eigenvalue weighted by molar-refractivity contribution is 6.95. The van der Waals surface area contributed by atoms with Crippen LogP contribution in [0.1, 0.15) is 67.9 Å². The Morgan fingerprint density at radius 3 is 2.00 bits per heavy atom.